The van der Waals surface area contributed by atoms with Gasteiger partial charge in [-0.2, -0.15) is 0 Å². The third-order valence-corrected chi connectivity index (χ3v) is 3.69. The lowest BCUT2D eigenvalue weighted by Gasteiger charge is -2.13. The quantitative estimate of drug-likeness (QED) is 0.809. The first-order chi connectivity index (χ1) is 12.5. The zero-order chi connectivity index (χ0) is 18.7. The lowest BCUT2D eigenvalue weighted by molar-refractivity contribution is -0.167. The number of imide groups is 1. The number of carbonyl (C=O) groups is 4. The van der Waals surface area contributed by atoms with E-state index in [2.05, 4.69) is 5.32 Å². The first-order valence-electron chi connectivity index (χ1n) is 7.62. The van der Waals surface area contributed by atoms with Crippen molar-refractivity contribution < 1.29 is 28.8 Å². The van der Waals surface area contributed by atoms with E-state index in [1.54, 1.807) is 30.3 Å². The van der Waals surface area contributed by atoms with Gasteiger partial charge in [-0.25, -0.2) is 4.79 Å². The van der Waals surface area contributed by atoms with Crippen LogP contribution >= 0.6 is 0 Å². The molecule has 2 aromatic rings. The number of nitrogens with zero attached hydrogens (tertiary/aromatic N) is 1. The van der Waals surface area contributed by atoms with Crippen molar-refractivity contribution in [2.75, 3.05) is 13.7 Å². The van der Waals surface area contributed by atoms with E-state index in [4.69, 9.17) is 9.57 Å². The van der Waals surface area contributed by atoms with Gasteiger partial charge >= 0.3 is 5.97 Å². The average molecular weight is 354 g/mol. The Morgan fingerprint density at radius 2 is 1.54 bits per heavy atom. The number of para-hydroxylation sites is 1. The van der Waals surface area contributed by atoms with Crippen LogP contribution in [0.2, 0.25) is 0 Å². The van der Waals surface area contributed by atoms with Gasteiger partial charge in [-0.3, -0.25) is 14.4 Å². The molecule has 0 aromatic heterocycles. The summed E-state index contributed by atoms with van der Waals surface area (Å²) in [5.41, 5.74) is 0.551. The van der Waals surface area contributed by atoms with Crippen molar-refractivity contribution in [1.29, 1.82) is 0 Å². The molecular formula is C18H14N2O6. The van der Waals surface area contributed by atoms with Gasteiger partial charge in [0.1, 0.15) is 12.3 Å². The second-order valence-electron chi connectivity index (χ2n) is 5.30. The van der Waals surface area contributed by atoms with E-state index < -0.39 is 30.2 Å². The second kappa shape index (κ2) is 7.06. The zero-order valence-electron chi connectivity index (χ0n) is 13.7. The molecule has 0 unspecified atom stereocenters. The highest BCUT2D eigenvalue weighted by Gasteiger charge is 2.38. The molecule has 26 heavy (non-hydrogen) atoms. The third kappa shape index (κ3) is 3.12. The summed E-state index contributed by atoms with van der Waals surface area (Å²) in [6.45, 7) is -0.524. The van der Waals surface area contributed by atoms with E-state index in [1.807, 2.05) is 0 Å². The van der Waals surface area contributed by atoms with Crippen LogP contribution in [0.4, 0.5) is 0 Å². The predicted octanol–water partition coefficient (Wildman–Crippen LogP) is 1.18. The first-order valence-corrected chi connectivity index (χ1v) is 7.62. The Bertz CT molecular complexity index is 873. The van der Waals surface area contributed by atoms with E-state index in [0.717, 1.165) is 0 Å². The molecule has 3 rings (SSSR count). The maximum Gasteiger partial charge on any atom is 0.352 e. The minimum atomic E-state index is -0.956. The molecule has 0 radical (unpaired) electrons. The van der Waals surface area contributed by atoms with E-state index in [-0.39, 0.29) is 16.7 Å². The SMILES string of the molecule is COc1ccccc1C(=O)NCC(=O)ON1C(=O)c2ccccc2C1=O. The summed E-state index contributed by atoms with van der Waals surface area (Å²) in [4.78, 5) is 53.1. The second-order valence-corrected chi connectivity index (χ2v) is 5.30. The highest BCUT2D eigenvalue weighted by atomic mass is 16.7. The Hall–Kier alpha value is -3.68. The van der Waals surface area contributed by atoms with Crippen LogP contribution in [-0.4, -0.2) is 42.4 Å². The Balaban J connectivity index is 1.61. The number of hydrogen-bond donors (Lipinski definition) is 1. The number of rotatable bonds is 5. The molecule has 2 aromatic carbocycles. The normalized spacial score (nSPS) is 12.6. The van der Waals surface area contributed by atoms with Crippen LogP contribution in [0.1, 0.15) is 31.1 Å². The summed E-state index contributed by atoms with van der Waals surface area (Å²) >= 11 is 0. The molecule has 1 aliphatic heterocycles. The molecule has 0 fully saturated rings. The number of hydroxylamine groups is 2. The fraction of sp³-hybridized carbons (Fsp3) is 0.111. The summed E-state index contributed by atoms with van der Waals surface area (Å²) in [6, 6.07) is 12.6. The van der Waals surface area contributed by atoms with E-state index >= 15 is 0 Å². The molecule has 1 N–H and O–H groups in total. The molecule has 0 bridgehead atoms. The van der Waals surface area contributed by atoms with Crippen molar-refractivity contribution in [2.45, 2.75) is 0 Å². The van der Waals surface area contributed by atoms with Crippen molar-refractivity contribution in [2.24, 2.45) is 0 Å². The predicted molar refractivity (Wildman–Crippen MR) is 88.4 cm³/mol. The molecule has 132 valence electrons. The molecule has 0 spiro atoms. The molecule has 3 amide bonds. The van der Waals surface area contributed by atoms with Crippen LogP contribution in [0.5, 0.6) is 5.75 Å². The highest BCUT2D eigenvalue weighted by Crippen LogP contribution is 2.22. The van der Waals surface area contributed by atoms with Gasteiger partial charge in [-0.05, 0) is 24.3 Å². The largest absolute Gasteiger partial charge is 0.496 e. The maximum absolute atomic E-state index is 12.1. The number of carbonyl (C=O) groups excluding carboxylic acids is 4. The summed E-state index contributed by atoms with van der Waals surface area (Å²) in [7, 11) is 1.42. The van der Waals surface area contributed by atoms with Crippen LogP contribution in [0, 0.1) is 0 Å². The van der Waals surface area contributed by atoms with E-state index in [0.29, 0.717) is 10.8 Å². The molecule has 0 aliphatic carbocycles. The monoisotopic (exact) mass is 354 g/mol. The average Bonchev–Trinajstić information content (AvgIpc) is 2.91. The van der Waals surface area contributed by atoms with Crippen LogP contribution in [0.15, 0.2) is 48.5 Å². The number of amides is 3. The van der Waals surface area contributed by atoms with Crippen molar-refractivity contribution in [3.8, 4) is 5.75 Å². The zero-order valence-corrected chi connectivity index (χ0v) is 13.7. The standard InChI is InChI=1S/C18H14N2O6/c1-25-14-9-5-4-8-13(14)16(22)19-10-15(21)26-20-17(23)11-6-2-3-7-12(11)18(20)24/h2-9H,10H2,1H3,(H,19,22). The van der Waals surface area contributed by atoms with Crippen molar-refractivity contribution in [1.82, 2.24) is 10.4 Å². The molecule has 1 heterocycles. The number of methoxy groups -OCH3 is 1. The third-order valence-electron chi connectivity index (χ3n) is 3.69. The Morgan fingerprint density at radius 3 is 2.15 bits per heavy atom. The topological polar surface area (TPSA) is 102 Å². The summed E-state index contributed by atoms with van der Waals surface area (Å²) in [6.07, 6.45) is 0. The molecule has 8 nitrogen and oxygen atoms in total. The van der Waals surface area contributed by atoms with Crippen LogP contribution in [0.3, 0.4) is 0 Å². The summed E-state index contributed by atoms with van der Waals surface area (Å²) in [5, 5.41) is 2.75. The van der Waals surface area contributed by atoms with Crippen LogP contribution in [0.25, 0.3) is 0 Å². The molecule has 1 aliphatic rings. The molecule has 0 saturated carbocycles. The smallest absolute Gasteiger partial charge is 0.352 e. The van der Waals surface area contributed by atoms with E-state index in [9.17, 15) is 19.2 Å². The molecule has 0 saturated heterocycles. The fourth-order valence-electron chi connectivity index (χ4n) is 2.46. The van der Waals surface area contributed by atoms with E-state index in [1.165, 1.54) is 25.3 Å². The lowest BCUT2D eigenvalue weighted by Crippen LogP contribution is -2.38. The van der Waals surface area contributed by atoms with Crippen molar-refractivity contribution >= 4 is 23.7 Å². The fourth-order valence-corrected chi connectivity index (χ4v) is 2.46. The van der Waals surface area contributed by atoms with Gasteiger partial charge in [0.05, 0.1) is 23.8 Å². The van der Waals surface area contributed by atoms with Gasteiger partial charge in [0.15, 0.2) is 0 Å². The van der Waals surface area contributed by atoms with Crippen LogP contribution < -0.4 is 10.1 Å². The Labute approximate surface area is 148 Å². The number of benzene rings is 2. The van der Waals surface area contributed by atoms with Crippen molar-refractivity contribution in [3.63, 3.8) is 0 Å². The van der Waals surface area contributed by atoms with Crippen LogP contribution in [-0.2, 0) is 9.63 Å². The molecule has 8 heteroatoms. The Kier molecular flexibility index (Phi) is 4.66. The summed E-state index contributed by atoms with van der Waals surface area (Å²) in [5.74, 6) is -2.62. The number of fused-ring (bicyclic) bond motifs is 1. The number of hydrogen-bond acceptors (Lipinski definition) is 6. The van der Waals surface area contributed by atoms with Gasteiger partial charge in [0, 0.05) is 0 Å². The minimum absolute atomic E-state index is 0.156. The lowest BCUT2D eigenvalue weighted by atomic mass is 10.1. The minimum Gasteiger partial charge on any atom is -0.496 e. The summed E-state index contributed by atoms with van der Waals surface area (Å²) < 4.78 is 5.07. The van der Waals surface area contributed by atoms with Gasteiger partial charge in [0.25, 0.3) is 17.7 Å². The number of ether oxygens (including phenoxy) is 1. The highest BCUT2D eigenvalue weighted by molar-refractivity contribution is 6.20. The number of nitrogens with one attached hydrogen (secondary N) is 1. The molecular weight excluding hydrogens is 340 g/mol. The Morgan fingerprint density at radius 1 is 0.962 bits per heavy atom. The van der Waals surface area contributed by atoms with Gasteiger partial charge in [-0.1, -0.05) is 29.3 Å². The van der Waals surface area contributed by atoms with Gasteiger partial charge in [-0.15, -0.1) is 0 Å². The van der Waals surface area contributed by atoms with Gasteiger partial charge in [0.2, 0.25) is 0 Å². The molecule has 0 atom stereocenters. The first kappa shape index (κ1) is 17.2. The van der Waals surface area contributed by atoms with Gasteiger partial charge < -0.3 is 14.9 Å². The maximum atomic E-state index is 12.1. The van der Waals surface area contributed by atoms with Crippen molar-refractivity contribution in [3.05, 3.63) is 65.2 Å².